The van der Waals surface area contributed by atoms with Crippen molar-refractivity contribution in [2.24, 2.45) is 5.92 Å². The Morgan fingerprint density at radius 1 is 1.30 bits per heavy atom. The first-order valence-corrected chi connectivity index (χ1v) is 10.4. The molecular formula is C20H27ClN6O3. The molecule has 0 aliphatic carbocycles. The Hall–Kier alpha value is -2.68. The van der Waals surface area contributed by atoms with Crippen LogP contribution in [-0.2, 0) is 11.2 Å². The molecule has 1 aliphatic heterocycles. The normalized spacial score (nSPS) is 15.8. The number of nitrogens with two attached hydrogens (primary N) is 1. The number of piperidine rings is 1. The van der Waals surface area contributed by atoms with Gasteiger partial charge in [-0.1, -0.05) is 11.6 Å². The highest BCUT2D eigenvalue weighted by Gasteiger charge is 2.27. The topological polar surface area (TPSA) is 127 Å². The fraction of sp³-hybridized carbons (Fsp3) is 0.550. The zero-order chi connectivity index (χ0) is 21.8. The van der Waals surface area contributed by atoms with E-state index in [0.717, 1.165) is 24.8 Å². The second-order valence-electron chi connectivity index (χ2n) is 7.68. The number of hydrogen-bond donors (Lipinski definition) is 2. The van der Waals surface area contributed by atoms with Gasteiger partial charge in [-0.2, -0.15) is 0 Å². The molecule has 1 saturated heterocycles. The molecule has 0 bridgehead atoms. The van der Waals surface area contributed by atoms with Crippen molar-refractivity contribution in [3.8, 4) is 0 Å². The maximum atomic E-state index is 12.7. The zero-order valence-electron chi connectivity index (χ0n) is 17.4. The number of anilines is 1. The molecular weight excluding hydrogens is 408 g/mol. The average molecular weight is 435 g/mol. The predicted molar refractivity (Wildman–Crippen MR) is 112 cm³/mol. The van der Waals surface area contributed by atoms with Crippen LogP contribution in [0.2, 0.25) is 5.15 Å². The van der Waals surface area contributed by atoms with E-state index in [9.17, 15) is 9.59 Å². The van der Waals surface area contributed by atoms with E-state index in [2.05, 4.69) is 20.3 Å². The summed E-state index contributed by atoms with van der Waals surface area (Å²) in [5.74, 6) is 1.36. The summed E-state index contributed by atoms with van der Waals surface area (Å²) in [4.78, 5) is 39.0. The third-order valence-electron chi connectivity index (χ3n) is 5.40. The molecule has 2 amide bonds. The lowest BCUT2D eigenvalue weighted by Crippen LogP contribution is -2.49. The molecule has 1 atom stereocenters. The van der Waals surface area contributed by atoms with E-state index in [0.29, 0.717) is 48.1 Å². The maximum absolute atomic E-state index is 12.7. The molecule has 0 aromatic carbocycles. The van der Waals surface area contributed by atoms with E-state index >= 15 is 0 Å². The third-order valence-corrected chi connectivity index (χ3v) is 5.71. The van der Waals surface area contributed by atoms with Crippen LogP contribution in [0.25, 0.3) is 0 Å². The third kappa shape index (κ3) is 5.27. The molecule has 1 aliphatic rings. The van der Waals surface area contributed by atoms with Gasteiger partial charge >= 0.3 is 0 Å². The second kappa shape index (κ2) is 9.42. The van der Waals surface area contributed by atoms with Crippen LogP contribution in [0, 0.1) is 19.8 Å². The van der Waals surface area contributed by atoms with Crippen LogP contribution < -0.4 is 11.1 Å². The van der Waals surface area contributed by atoms with E-state index in [-0.39, 0.29) is 11.6 Å². The van der Waals surface area contributed by atoms with Gasteiger partial charge in [0.1, 0.15) is 29.1 Å². The standard InChI is InChI=1S/C20H27ClN6O3/c1-11(23-19(28)16-10-30-13(3)26-16)20(29)27-8-6-14(7-9-27)4-5-15-17(21)24-12(2)25-18(15)22/h10-11,14H,4-9H2,1-3H3,(H,23,28)(H2,22,24,25). The molecule has 3 heterocycles. The Morgan fingerprint density at radius 2 is 2.00 bits per heavy atom. The minimum absolute atomic E-state index is 0.0961. The Bertz CT molecular complexity index is 900. The summed E-state index contributed by atoms with van der Waals surface area (Å²) in [6, 6.07) is -0.630. The first kappa shape index (κ1) is 22.0. The highest BCUT2D eigenvalue weighted by atomic mass is 35.5. The molecule has 0 spiro atoms. The van der Waals surface area contributed by atoms with Gasteiger partial charge in [0, 0.05) is 25.6 Å². The van der Waals surface area contributed by atoms with Crippen LogP contribution in [-0.4, -0.2) is 50.8 Å². The number of likely N-dealkylation sites (tertiary alicyclic amines) is 1. The van der Waals surface area contributed by atoms with E-state index in [1.165, 1.54) is 6.26 Å². The molecule has 0 saturated carbocycles. The summed E-state index contributed by atoms with van der Waals surface area (Å²) in [6.45, 7) is 6.40. The minimum atomic E-state index is -0.630. The molecule has 162 valence electrons. The van der Waals surface area contributed by atoms with Crippen LogP contribution in [0.5, 0.6) is 0 Å². The summed E-state index contributed by atoms with van der Waals surface area (Å²) in [5.41, 5.74) is 6.94. The second-order valence-corrected chi connectivity index (χ2v) is 8.04. The highest BCUT2D eigenvalue weighted by Crippen LogP contribution is 2.26. The first-order chi connectivity index (χ1) is 14.2. The predicted octanol–water partition coefficient (Wildman–Crippen LogP) is 2.31. The van der Waals surface area contributed by atoms with Crippen molar-refractivity contribution in [3.05, 3.63) is 34.4 Å². The molecule has 10 heteroatoms. The number of carbonyl (C=O) groups excluding carboxylic acids is 2. The number of rotatable bonds is 6. The summed E-state index contributed by atoms with van der Waals surface area (Å²) in [5, 5.41) is 3.10. The molecule has 3 rings (SSSR count). The Balaban J connectivity index is 1.46. The van der Waals surface area contributed by atoms with E-state index < -0.39 is 11.9 Å². The number of nitrogen functional groups attached to an aromatic ring is 1. The lowest BCUT2D eigenvalue weighted by atomic mass is 9.90. The zero-order valence-corrected chi connectivity index (χ0v) is 18.2. The van der Waals surface area contributed by atoms with Crippen molar-refractivity contribution in [2.45, 2.75) is 52.5 Å². The van der Waals surface area contributed by atoms with Crippen molar-refractivity contribution in [2.75, 3.05) is 18.8 Å². The molecule has 3 N–H and O–H groups in total. The van der Waals surface area contributed by atoms with Gasteiger partial charge in [0.25, 0.3) is 5.91 Å². The summed E-state index contributed by atoms with van der Waals surface area (Å²) < 4.78 is 5.04. The van der Waals surface area contributed by atoms with Gasteiger partial charge < -0.3 is 20.4 Å². The fourth-order valence-electron chi connectivity index (χ4n) is 3.68. The van der Waals surface area contributed by atoms with Gasteiger partial charge in [-0.25, -0.2) is 15.0 Å². The van der Waals surface area contributed by atoms with Crippen LogP contribution in [0.4, 0.5) is 5.82 Å². The molecule has 30 heavy (non-hydrogen) atoms. The number of halogens is 1. The SMILES string of the molecule is Cc1nc(N)c(CCC2CCN(C(=O)C(C)NC(=O)c3coc(C)n3)CC2)c(Cl)n1. The number of nitrogens with zero attached hydrogens (tertiary/aromatic N) is 4. The van der Waals surface area contributed by atoms with Gasteiger partial charge in [-0.05, 0) is 45.4 Å². The molecule has 1 unspecified atom stereocenters. The van der Waals surface area contributed by atoms with Crippen molar-refractivity contribution >= 4 is 29.2 Å². The smallest absolute Gasteiger partial charge is 0.273 e. The van der Waals surface area contributed by atoms with Crippen molar-refractivity contribution in [1.82, 2.24) is 25.2 Å². The number of amides is 2. The van der Waals surface area contributed by atoms with Crippen LogP contribution in [0.3, 0.4) is 0 Å². The Kier molecular flexibility index (Phi) is 6.91. The fourth-order valence-corrected chi connectivity index (χ4v) is 3.99. The minimum Gasteiger partial charge on any atom is -0.448 e. The monoisotopic (exact) mass is 434 g/mol. The molecule has 1 fully saturated rings. The molecule has 0 radical (unpaired) electrons. The number of aryl methyl sites for hydroxylation is 2. The highest BCUT2D eigenvalue weighted by molar-refractivity contribution is 6.30. The summed E-state index contributed by atoms with van der Waals surface area (Å²) >= 11 is 6.21. The number of nitrogens with one attached hydrogen (secondary N) is 1. The Labute approximate surface area is 180 Å². The van der Waals surface area contributed by atoms with E-state index in [1.54, 1.807) is 25.7 Å². The number of carbonyl (C=O) groups is 2. The number of aromatic nitrogens is 3. The summed E-state index contributed by atoms with van der Waals surface area (Å²) in [7, 11) is 0. The number of oxazole rings is 1. The summed E-state index contributed by atoms with van der Waals surface area (Å²) in [6.07, 6.45) is 4.69. The Morgan fingerprint density at radius 3 is 2.60 bits per heavy atom. The average Bonchev–Trinajstić information content (AvgIpc) is 3.13. The van der Waals surface area contributed by atoms with Gasteiger partial charge in [-0.15, -0.1) is 0 Å². The first-order valence-electron chi connectivity index (χ1n) is 10.0. The molecule has 2 aromatic heterocycles. The maximum Gasteiger partial charge on any atom is 0.273 e. The van der Waals surface area contributed by atoms with Gasteiger partial charge in [0.05, 0.1) is 0 Å². The largest absolute Gasteiger partial charge is 0.448 e. The van der Waals surface area contributed by atoms with Gasteiger partial charge in [-0.3, -0.25) is 9.59 Å². The van der Waals surface area contributed by atoms with Gasteiger partial charge in [0.2, 0.25) is 5.91 Å². The van der Waals surface area contributed by atoms with Gasteiger partial charge in [0.15, 0.2) is 11.6 Å². The van der Waals surface area contributed by atoms with Crippen LogP contribution in [0.15, 0.2) is 10.7 Å². The number of hydrogen-bond acceptors (Lipinski definition) is 7. The van der Waals surface area contributed by atoms with Crippen molar-refractivity contribution < 1.29 is 14.0 Å². The van der Waals surface area contributed by atoms with Crippen LogP contribution in [0.1, 0.15) is 54.0 Å². The van der Waals surface area contributed by atoms with Crippen molar-refractivity contribution in [1.29, 1.82) is 0 Å². The van der Waals surface area contributed by atoms with E-state index in [4.69, 9.17) is 21.8 Å². The lowest BCUT2D eigenvalue weighted by Gasteiger charge is -2.33. The molecule has 2 aromatic rings. The van der Waals surface area contributed by atoms with E-state index in [1.807, 2.05) is 0 Å². The quantitative estimate of drug-likeness (QED) is 0.667. The van der Waals surface area contributed by atoms with Crippen LogP contribution >= 0.6 is 11.6 Å². The lowest BCUT2D eigenvalue weighted by molar-refractivity contribution is -0.134. The molecule has 9 nitrogen and oxygen atoms in total. The van der Waals surface area contributed by atoms with Crippen molar-refractivity contribution in [3.63, 3.8) is 0 Å².